The molecule has 0 aromatic heterocycles. The Morgan fingerprint density at radius 1 is 1.31 bits per heavy atom. The molecule has 1 saturated heterocycles. The minimum absolute atomic E-state index is 0.0524. The summed E-state index contributed by atoms with van der Waals surface area (Å²) in [6, 6.07) is 9.93. The summed E-state index contributed by atoms with van der Waals surface area (Å²) < 4.78 is 6.00. The summed E-state index contributed by atoms with van der Waals surface area (Å²) in [5, 5.41) is 10.1. The van der Waals surface area contributed by atoms with E-state index in [1.54, 1.807) is 42.5 Å². The van der Waals surface area contributed by atoms with Crippen LogP contribution in [0.5, 0.6) is 11.5 Å². The van der Waals surface area contributed by atoms with E-state index in [9.17, 15) is 14.7 Å². The van der Waals surface area contributed by atoms with Crippen LogP contribution in [0.2, 0.25) is 5.02 Å². The first-order valence-corrected chi connectivity index (χ1v) is 9.87. The van der Waals surface area contributed by atoms with Crippen molar-refractivity contribution in [3.8, 4) is 11.5 Å². The van der Waals surface area contributed by atoms with Crippen LogP contribution in [0.3, 0.4) is 0 Å². The Labute approximate surface area is 173 Å². The normalized spacial score (nSPS) is 15.8. The molecule has 0 spiro atoms. The number of carbonyl (C=O) groups is 2. The molecule has 1 N–H and O–H groups in total. The van der Waals surface area contributed by atoms with Crippen LogP contribution in [-0.2, 0) is 4.79 Å². The van der Waals surface area contributed by atoms with Crippen molar-refractivity contribution < 1.29 is 19.4 Å². The van der Waals surface area contributed by atoms with Gasteiger partial charge in [-0.05, 0) is 83.2 Å². The highest BCUT2D eigenvalue weighted by Gasteiger charge is 2.36. The zero-order chi connectivity index (χ0) is 18.8. The Balaban J connectivity index is 1.96. The van der Waals surface area contributed by atoms with Crippen molar-refractivity contribution in [2.45, 2.75) is 6.92 Å². The van der Waals surface area contributed by atoms with Gasteiger partial charge in [-0.3, -0.25) is 9.59 Å². The molecular weight excluding hydrogens is 489 g/mol. The topological polar surface area (TPSA) is 66.8 Å². The van der Waals surface area contributed by atoms with Gasteiger partial charge in [0.25, 0.3) is 11.1 Å². The number of carbonyl (C=O) groups excluding carboxylic acids is 2. The molecule has 1 aliphatic heterocycles. The zero-order valence-electron chi connectivity index (χ0n) is 13.5. The smallest absolute Gasteiger partial charge is 0.298 e. The summed E-state index contributed by atoms with van der Waals surface area (Å²) in [7, 11) is 0. The molecule has 26 heavy (non-hydrogen) atoms. The van der Waals surface area contributed by atoms with Crippen LogP contribution >= 0.6 is 46.0 Å². The number of rotatable bonds is 4. The number of nitrogens with zero attached hydrogens (tertiary/aromatic N) is 1. The minimum Gasteiger partial charge on any atom is -0.504 e. The molecular formula is C18H13ClINO4S. The number of benzene rings is 2. The van der Waals surface area contributed by atoms with E-state index in [0.717, 1.165) is 16.7 Å². The lowest BCUT2D eigenvalue weighted by molar-refractivity contribution is -0.113. The van der Waals surface area contributed by atoms with E-state index in [1.807, 2.05) is 29.5 Å². The average molecular weight is 502 g/mol. The quantitative estimate of drug-likeness (QED) is 0.455. The van der Waals surface area contributed by atoms with Crippen molar-refractivity contribution in [2.75, 3.05) is 11.5 Å². The molecule has 0 radical (unpaired) electrons. The van der Waals surface area contributed by atoms with Crippen molar-refractivity contribution in [2.24, 2.45) is 0 Å². The van der Waals surface area contributed by atoms with Gasteiger partial charge in [-0.25, -0.2) is 4.90 Å². The maximum atomic E-state index is 12.7. The Hall–Kier alpha value is -1.71. The third kappa shape index (κ3) is 3.84. The van der Waals surface area contributed by atoms with Crippen LogP contribution in [0.15, 0.2) is 41.3 Å². The SMILES string of the molecule is CCOc1cc(/C=C2\SC(=O)N(c3cccc(Cl)c3)C2=O)cc(I)c1O. The predicted octanol–water partition coefficient (Wildman–Crippen LogP) is 5.29. The molecule has 0 bridgehead atoms. The number of halogens is 2. The maximum Gasteiger partial charge on any atom is 0.298 e. The van der Waals surface area contributed by atoms with E-state index < -0.39 is 5.91 Å². The number of anilines is 1. The molecule has 0 atom stereocenters. The third-order valence-corrected chi connectivity index (χ3v) is 5.44. The highest BCUT2D eigenvalue weighted by Crippen LogP contribution is 2.38. The predicted molar refractivity (Wildman–Crippen MR) is 112 cm³/mol. The molecule has 3 rings (SSSR count). The monoisotopic (exact) mass is 501 g/mol. The van der Waals surface area contributed by atoms with Crippen LogP contribution in [0.4, 0.5) is 10.5 Å². The van der Waals surface area contributed by atoms with Crippen molar-refractivity contribution in [3.05, 3.63) is 55.5 Å². The van der Waals surface area contributed by atoms with Gasteiger partial charge in [-0.15, -0.1) is 0 Å². The molecule has 1 aliphatic rings. The van der Waals surface area contributed by atoms with Crippen molar-refractivity contribution in [3.63, 3.8) is 0 Å². The summed E-state index contributed by atoms with van der Waals surface area (Å²) in [6.07, 6.45) is 1.61. The second-order valence-corrected chi connectivity index (χ2v) is 7.87. The van der Waals surface area contributed by atoms with E-state index in [0.29, 0.717) is 37.1 Å². The summed E-state index contributed by atoms with van der Waals surface area (Å²) in [6.45, 7) is 2.22. The highest BCUT2D eigenvalue weighted by molar-refractivity contribution is 14.1. The Kier molecular flexibility index (Phi) is 5.79. The second-order valence-electron chi connectivity index (χ2n) is 5.28. The van der Waals surface area contributed by atoms with E-state index in [4.69, 9.17) is 16.3 Å². The van der Waals surface area contributed by atoms with Crippen LogP contribution in [-0.4, -0.2) is 22.9 Å². The first kappa shape index (κ1) is 19.1. The van der Waals surface area contributed by atoms with Crippen molar-refractivity contribution in [1.82, 2.24) is 0 Å². The summed E-state index contributed by atoms with van der Waals surface area (Å²) in [4.78, 5) is 26.4. The lowest BCUT2D eigenvalue weighted by Crippen LogP contribution is -2.27. The number of phenolic OH excluding ortho intramolecular Hbond substituents is 1. The number of phenols is 1. The number of ether oxygens (including phenoxy) is 1. The van der Waals surface area contributed by atoms with Gasteiger partial charge in [0.15, 0.2) is 11.5 Å². The second kappa shape index (κ2) is 7.89. The van der Waals surface area contributed by atoms with Gasteiger partial charge in [-0.1, -0.05) is 17.7 Å². The number of amides is 2. The Morgan fingerprint density at radius 3 is 2.77 bits per heavy atom. The zero-order valence-corrected chi connectivity index (χ0v) is 17.3. The van der Waals surface area contributed by atoms with E-state index >= 15 is 0 Å². The van der Waals surface area contributed by atoms with Crippen LogP contribution in [0, 0.1) is 3.57 Å². The first-order chi connectivity index (χ1) is 12.4. The van der Waals surface area contributed by atoms with Crippen LogP contribution < -0.4 is 9.64 Å². The maximum absolute atomic E-state index is 12.7. The molecule has 1 fully saturated rings. The van der Waals surface area contributed by atoms with E-state index in [-0.39, 0.29) is 11.0 Å². The molecule has 2 aromatic rings. The van der Waals surface area contributed by atoms with Gasteiger partial charge in [0, 0.05) is 5.02 Å². The lowest BCUT2D eigenvalue weighted by Gasteiger charge is -2.12. The number of thioether (sulfide) groups is 1. The number of hydrogen-bond donors (Lipinski definition) is 1. The summed E-state index contributed by atoms with van der Waals surface area (Å²) in [5.41, 5.74) is 1.09. The van der Waals surface area contributed by atoms with Crippen molar-refractivity contribution >= 4 is 68.9 Å². The minimum atomic E-state index is -0.414. The lowest BCUT2D eigenvalue weighted by atomic mass is 10.2. The molecule has 134 valence electrons. The standard InChI is InChI=1S/C18H13ClINO4S/c1-2-25-14-7-10(6-13(20)16(14)22)8-15-17(23)21(18(24)26-15)12-5-3-4-11(19)9-12/h3-9,22H,2H2,1H3/b15-8-. The summed E-state index contributed by atoms with van der Waals surface area (Å²) in [5.74, 6) is -0.0281. The van der Waals surface area contributed by atoms with Crippen LogP contribution in [0.1, 0.15) is 12.5 Å². The number of imide groups is 1. The molecule has 8 heteroatoms. The van der Waals surface area contributed by atoms with Gasteiger partial charge in [-0.2, -0.15) is 0 Å². The molecule has 0 saturated carbocycles. The Bertz CT molecular complexity index is 931. The Morgan fingerprint density at radius 2 is 2.08 bits per heavy atom. The average Bonchev–Trinajstić information content (AvgIpc) is 2.86. The van der Waals surface area contributed by atoms with Gasteiger partial charge in [0.2, 0.25) is 0 Å². The van der Waals surface area contributed by atoms with Gasteiger partial charge < -0.3 is 9.84 Å². The van der Waals surface area contributed by atoms with E-state index in [1.165, 1.54) is 0 Å². The third-order valence-electron chi connectivity index (χ3n) is 3.51. The first-order valence-electron chi connectivity index (χ1n) is 7.59. The summed E-state index contributed by atoms with van der Waals surface area (Å²) >= 11 is 8.80. The molecule has 5 nitrogen and oxygen atoms in total. The van der Waals surface area contributed by atoms with Gasteiger partial charge in [0.05, 0.1) is 20.8 Å². The van der Waals surface area contributed by atoms with Crippen LogP contribution in [0.25, 0.3) is 6.08 Å². The van der Waals surface area contributed by atoms with Gasteiger partial charge >= 0.3 is 0 Å². The number of aromatic hydroxyl groups is 1. The molecule has 2 aromatic carbocycles. The largest absolute Gasteiger partial charge is 0.504 e. The highest BCUT2D eigenvalue weighted by atomic mass is 127. The molecule has 2 amide bonds. The van der Waals surface area contributed by atoms with Gasteiger partial charge in [0.1, 0.15) is 0 Å². The molecule has 0 unspecified atom stereocenters. The van der Waals surface area contributed by atoms with Crippen molar-refractivity contribution in [1.29, 1.82) is 0 Å². The fourth-order valence-corrected chi connectivity index (χ4v) is 4.05. The number of hydrogen-bond acceptors (Lipinski definition) is 5. The fourth-order valence-electron chi connectivity index (χ4n) is 2.40. The fraction of sp³-hybridized carbons (Fsp3) is 0.111. The van der Waals surface area contributed by atoms with E-state index in [2.05, 4.69) is 0 Å². The molecule has 0 aliphatic carbocycles. The molecule has 1 heterocycles.